The molecule has 0 heterocycles. The van der Waals surface area contributed by atoms with Gasteiger partial charge in [-0.1, -0.05) is 39.5 Å². The molecular formula is C13H25NO2. The Bertz CT molecular complexity index is 218. The summed E-state index contributed by atoms with van der Waals surface area (Å²) in [4.78, 5) is 11.2. The second-order valence-electron chi connectivity index (χ2n) is 4.96. The molecule has 1 aliphatic carbocycles. The number of hydrogen-bond acceptors (Lipinski definition) is 2. The highest BCUT2D eigenvalue weighted by Gasteiger charge is 2.34. The molecule has 0 amide bonds. The molecule has 1 aliphatic rings. The fourth-order valence-corrected chi connectivity index (χ4v) is 2.69. The van der Waals surface area contributed by atoms with E-state index < -0.39 is 11.5 Å². The number of rotatable bonds is 7. The Morgan fingerprint density at radius 3 is 2.31 bits per heavy atom. The van der Waals surface area contributed by atoms with E-state index in [1.807, 2.05) is 13.8 Å². The number of carboxylic acids is 1. The molecular weight excluding hydrogens is 202 g/mol. The first kappa shape index (κ1) is 13.5. The van der Waals surface area contributed by atoms with Crippen LogP contribution in [0.5, 0.6) is 0 Å². The molecule has 0 spiro atoms. The lowest BCUT2D eigenvalue weighted by atomic mass is 9.92. The number of aliphatic carboxylic acids is 1. The van der Waals surface area contributed by atoms with Gasteiger partial charge in [-0.2, -0.15) is 0 Å². The molecule has 3 nitrogen and oxygen atoms in total. The van der Waals surface area contributed by atoms with Gasteiger partial charge in [-0.05, 0) is 31.7 Å². The molecule has 0 atom stereocenters. The standard InChI is InChI=1S/C13H25NO2/c1-3-13(4-2,12(15)16)14-10-9-11-7-5-6-8-11/h11,14H,3-10H2,1-2H3,(H,15,16). The highest BCUT2D eigenvalue weighted by molar-refractivity contribution is 5.78. The molecule has 16 heavy (non-hydrogen) atoms. The first-order chi connectivity index (χ1) is 7.64. The molecule has 0 radical (unpaired) electrons. The zero-order valence-corrected chi connectivity index (χ0v) is 10.6. The molecule has 0 aliphatic heterocycles. The molecule has 1 saturated carbocycles. The minimum Gasteiger partial charge on any atom is -0.480 e. The maximum Gasteiger partial charge on any atom is 0.323 e. The Kier molecular flexibility index (Phi) is 5.26. The topological polar surface area (TPSA) is 49.3 Å². The zero-order chi connectivity index (χ0) is 12.0. The predicted octanol–water partition coefficient (Wildman–Crippen LogP) is 2.80. The largest absolute Gasteiger partial charge is 0.480 e. The minimum atomic E-state index is -0.705. The van der Waals surface area contributed by atoms with Gasteiger partial charge in [0, 0.05) is 0 Å². The number of carbonyl (C=O) groups is 1. The normalized spacial score (nSPS) is 17.9. The molecule has 1 fully saturated rings. The molecule has 2 N–H and O–H groups in total. The van der Waals surface area contributed by atoms with E-state index >= 15 is 0 Å². The van der Waals surface area contributed by atoms with E-state index in [4.69, 9.17) is 0 Å². The second kappa shape index (κ2) is 6.24. The van der Waals surface area contributed by atoms with Gasteiger partial charge in [-0.15, -0.1) is 0 Å². The Balaban J connectivity index is 2.34. The van der Waals surface area contributed by atoms with Gasteiger partial charge in [-0.25, -0.2) is 0 Å². The summed E-state index contributed by atoms with van der Waals surface area (Å²) >= 11 is 0. The maximum absolute atomic E-state index is 11.2. The van der Waals surface area contributed by atoms with Crippen LogP contribution in [0.15, 0.2) is 0 Å². The molecule has 3 heteroatoms. The van der Waals surface area contributed by atoms with E-state index in [9.17, 15) is 9.90 Å². The van der Waals surface area contributed by atoms with Crippen LogP contribution in [0.1, 0.15) is 58.8 Å². The first-order valence-electron chi connectivity index (χ1n) is 6.63. The summed E-state index contributed by atoms with van der Waals surface area (Å²) < 4.78 is 0. The molecule has 0 aromatic carbocycles. The van der Waals surface area contributed by atoms with Gasteiger partial charge in [0.05, 0.1) is 0 Å². The Hall–Kier alpha value is -0.570. The summed E-state index contributed by atoms with van der Waals surface area (Å²) in [6.07, 6.45) is 7.83. The first-order valence-corrected chi connectivity index (χ1v) is 6.63. The third-order valence-corrected chi connectivity index (χ3v) is 4.11. The summed E-state index contributed by atoms with van der Waals surface area (Å²) in [5.74, 6) is 0.122. The third-order valence-electron chi connectivity index (χ3n) is 4.11. The van der Waals surface area contributed by atoms with Crippen molar-refractivity contribution in [3.63, 3.8) is 0 Å². The molecule has 0 aromatic rings. The number of nitrogens with one attached hydrogen (secondary N) is 1. The smallest absolute Gasteiger partial charge is 0.323 e. The molecule has 0 saturated heterocycles. The Labute approximate surface area is 98.6 Å². The summed E-state index contributed by atoms with van der Waals surface area (Å²) in [6, 6.07) is 0. The van der Waals surface area contributed by atoms with E-state index in [1.54, 1.807) is 0 Å². The van der Waals surface area contributed by atoms with Crippen molar-refractivity contribution in [3.05, 3.63) is 0 Å². The van der Waals surface area contributed by atoms with Gasteiger partial charge >= 0.3 is 5.97 Å². The van der Waals surface area contributed by atoms with Gasteiger partial charge in [0.25, 0.3) is 0 Å². The molecule has 1 rings (SSSR count). The SMILES string of the molecule is CCC(CC)(NCCC1CCCC1)C(=O)O. The molecule has 0 unspecified atom stereocenters. The summed E-state index contributed by atoms with van der Waals surface area (Å²) in [7, 11) is 0. The van der Waals surface area contributed by atoms with E-state index in [0.29, 0.717) is 12.8 Å². The van der Waals surface area contributed by atoms with Crippen LogP contribution < -0.4 is 5.32 Å². The summed E-state index contributed by atoms with van der Waals surface area (Å²) in [5, 5.41) is 12.5. The van der Waals surface area contributed by atoms with E-state index in [0.717, 1.165) is 18.9 Å². The Morgan fingerprint density at radius 1 is 1.31 bits per heavy atom. The van der Waals surface area contributed by atoms with Gasteiger partial charge in [0.15, 0.2) is 0 Å². The van der Waals surface area contributed by atoms with Crippen LogP contribution in [-0.2, 0) is 4.79 Å². The van der Waals surface area contributed by atoms with Crippen LogP contribution in [0.3, 0.4) is 0 Å². The van der Waals surface area contributed by atoms with Gasteiger partial charge in [-0.3, -0.25) is 4.79 Å². The average Bonchev–Trinajstić information content (AvgIpc) is 2.77. The second-order valence-corrected chi connectivity index (χ2v) is 4.96. The highest BCUT2D eigenvalue weighted by Crippen LogP contribution is 2.27. The minimum absolute atomic E-state index is 0.656. The predicted molar refractivity (Wildman–Crippen MR) is 65.5 cm³/mol. The fraction of sp³-hybridized carbons (Fsp3) is 0.923. The Morgan fingerprint density at radius 2 is 1.88 bits per heavy atom. The highest BCUT2D eigenvalue weighted by atomic mass is 16.4. The van der Waals surface area contributed by atoms with Crippen molar-refractivity contribution in [2.24, 2.45) is 5.92 Å². The van der Waals surface area contributed by atoms with Crippen LogP contribution in [0.25, 0.3) is 0 Å². The van der Waals surface area contributed by atoms with Gasteiger partial charge < -0.3 is 10.4 Å². The van der Waals surface area contributed by atoms with E-state index in [2.05, 4.69) is 5.32 Å². The fourth-order valence-electron chi connectivity index (χ4n) is 2.69. The van der Waals surface area contributed by atoms with Crippen molar-refractivity contribution in [2.45, 2.75) is 64.3 Å². The lowest BCUT2D eigenvalue weighted by molar-refractivity contribution is -0.145. The van der Waals surface area contributed by atoms with Crippen LogP contribution >= 0.6 is 0 Å². The van der Waals surface area contributed by atoms with Crippen molar-refractivity contribution in [1.82, 2.24) is 5.32 Å². The molecule has 0 bridgehead atoms. The summed E-state index contributed by atoms with van der Waals surface area (Å²) in [6.45, 7) is 4.74. The maximum atomic E-state index is 11.2. The van der Waals surface area contributed by atoms with Crippen molar-refractivity contribution in [1.29, 1.82) is 0 Å². The van der Waals surface area contributed by atoms with Crippen LogP contribution in [0.2, 0.25) is 0 Å². The third kappa shape index (κ3) is 3.21. The quantitative estimate of drug-likeness (QED) is 0.703. The lowest BCUT2D eigenvalue weighted by Gasteiger charge is -2.28. The molecule has 0 aromatic heterocycles. The van der Waals surface area contributed by atoms with Gasteiger partial charge in [0.1, 0.15) is 5.54 Å². The van der Waals surface area contributed by atoms with Crippen LogP contribution in [0, 0.1) is 5.92 Å². The zero-order valence-electron chi connectivity index (χ0n) is 10.6. The van der Waals surface area contributed by atoms with Crippen LogP contribution in [-0.4, -0.2) is 23.2 Å². The monoisotopic (exact) mass is 227 g/mol. The van der Waals surface area contributed by atoms with Crippen molar-refractivity contribution >= 4 is 5.97 Å². The van der Waals surface area contributed by atoms with Crippen molar-refractivity contribution in [2.75, 3.05) is 6.54 Å². The van der Waals surface area contributed by atoms with E-state index in [1.165, 1.54) is 25.7 Å². The van der Waals surface area contributed by atoms with Gasteiger partial charge in [0.2, 0.25) is 0 Å². The summed E-state index contributed by atoms with van der Waals surface area (Å²) in [5.41, 5.74) is -0.696. The van der Waals surface area contributed by atoms with E-state index in [-0.39, 0.29) is 0 Å². The number of hydrogen-bond donors (Lipinski definition) is 2. The molecule has 94 valence electrons. The number of carboxylic acid groups (broad SMARTS) is 1. The lowest BCUT2D eigenvalue weighted by Crippen LogP contribution is -2.51. The average molecular weight is 227 g/mol. The van der Waals surface area contributed by atoms with Crippen molar-refractivity contribution < 1.29 is 9.90 Å². The van der Waals surface area contributed by atoms with Crippen LogP contribution in [0.4, 0.5) is 0 Å². The van der Waals surface area contributed by atoms with Crippen molar-refractivity contribution in [3.8, 4) is 0 Å².